The second kappa shape index (κ2) is 6.85. The van der Waals surface area contributed by atoms with Crippen LogP contribution in [0.25, 0.3) is 0 Å². The second-order valence-corrected chi connectivity index (χ2v) is 8.11. The summed E-state index contributed by atoms with van der Waals surface area (Å²) >= 11 is 0. The third kappa shape index (κ3) is 4.01. The van der Waals surface area contributed by atoms with E-state index in [0.717, 1.165) is 22.3 Å². The van der Waals surface area contributed by atoms with Gasteiger partial charge in [-0.3, -0.25) is 0 Å². The maximum absolute atomic E-state index is 12.7. The Morgan fingerprint density at radius 1 is 1.00 bits per heavy atom. The molecule has 0 aliphatic heterocycles. The van der Waals surface area contributed by atoms with Crippen LogP contribution < -0.4 is 4.72 Å². The zero-order chi connectivity index (χ0) is 17.2. The number of sulfonamides is 1. The largest absolute Gasteiger partial charge is 0.241 e. The van der Waals surface area contributed by atoms with Crippen LogP contribution in [0.1, 0.15) is 47.6 Å². The van der Waals surface area contributed by atoms with Gasteiger partial charge < -0.3 is 0 Å². The Bertz CT molecular complexity index is 785. The third-order valence-electron chi connectivity index (χ3n) is 4.00. The van der Waals surface area contributed by atoms with Crippen LogP contribution >= 0.6 is 0 Å². The van der Waals surface area contributed by atoms with Crippen LogP contribution in [0.3, 0.4) is 0 Å². The normalized spacial score (nSPS) is 11.9. The fraction of sp³-hybridized carbons (Fsp3) is 0.368. The SMILES string of the molecule is Cc1cc(C)c(S(=O)(=O)NCc2ccccc2C(C)C)c(C)c1. The molecule has 2 rings (SSSR count). The van der Waals surface area contributed by atoms with Crippen molar-refractivity contribution in [3.8, 4) is 0 Å². The number of hydrogen-bond donors (Lipinski definition) is 1. The van der Waals surface area contributed by atoms with Gasteiger partial charge in [0.15, 0.2) is 0 Å². The minimum atomic E-state index is -3.53. The zero-order valence-corrected chi connectivity index (χ0v) is 15.3. The molecule has 0 aliphatic rings. The quantitative estimate of drug-likeness (QED) is 0.892. The summed E-state index contributed by atoms with van der Waals surface area (Å²) in [7, 11) is -3.53. The fourth-order valence-electron chi connectivity index (χ4n) is 3.09. The first kappa shape index (κ1) is 17.7. The molecule has 0 radical (unpaired) electrons. The van der Waals surface area contributed by atoms with Crippen LogP contribution in [0.4, 0.5) is 0 Å². The standard InChI is InChI=1S/C19H25NO2S/c1-13(2)18-9-7-6-8-17(18)12-20-23(21,22)19-15(4)10-14(3)11-16(19)5/h6-11,13,20H,12H2,1-5H3. The first-order valence-corrected chi connectivity index (χ1v) is 9.36. The van der Waals surface area contributed by atoms with Crippen LogP contribution in [0, 0.1) is 20.8 Å². The number of benzene rings is 2. The van der Waals surface area contributed by atoms with Crippen LogP contribution in [-0.4, -0.2) is 8.42 Å². The van der Waals surface area contributed by atoms with Crippen molar-refractivity contribution in [2.24, 2.45) is 0 Å². The lowest BCUT2D eigenvalue weighted by molar-refractivity contribution is 0.579. The molecule has 0 aromatic heterocycles. The van der Waals surface area contributed by atoms with E-state index in [1.54, 1.807) is 0 Å². The lowest BCUT2D eigenvalue weighted by Gasteiger charge is -2.16. The molecule has 4 heteroatoms. The zero-order valence-electron chi connectivity index (χ0n) is 14.5. The van der Waals surface area contributed by atoms with Crippen LogP contribution in [0.15, 0.2) is 41.3 Å². The molecule has 0 saturated carbocycles. The topological polar surface area (TPSA) is 46.2 Å². The van der Waals surface area contributed by atoms with Crippen molar-refractivity contribution in [2.75, 3.05) is 0 Å². The van der Waals surface area contributed by atoms with Gasteiger partial charge in [0.25, 0.3) is 0 Å². The number of nitrogens with one attached hydrogen (secondary N) is 1. The van der Waals surface area contributed by atoms with Crippen LogP contribution in [-0.2, 0) is 16.6 Å². The van der Waals surface area contributed by atoms with Gasteiger partial charge in [0.2, 0.25) is 10.0 Å². The predicted octanol–water partition coefficient (Wildman–Crippen LogP) is 4.21. The monoisotopic (exact) mass is 331 g/mol. The highest BCUT2D eigenvalue weighted by Gasteiger charge is 2.20. The van der Waals surface area contributed by atoms with E-state index in [9.17, 15) is 8.42 Å². The Morgan fingerprint density at radius 2 is 1.57 bits per heavy atom. The summed E-state index contributed by atoms with van der Waals surface area (Å²) in [4.78, 5) is 0.394. The number of aryl methyl sites for hydroxylation is 3. The average molecular weight is 331 g/mol. The van der Waals surface area contributed by atoms with Gasteiger partial charge in [0.1, 0.15) is 0 Å². The summed E-state index contributed by atoms with van der Waals surface area (Å²) in [6.07, 6.45) is 0. The predicted molar refractivity (Wildman–Crippen MR) is 95.2 cm³/mol. The van der Waals surface area contributed by atoms with Gasteiger partial charge in [0, 0.05) is 6.54 Å². The molecule has 0 atom stereocenters. The lowest BCUT2D eigenvalue weighted by Crippen LogP contribution is -2.25. The molecule has 2 aromatic carbocycles. The Labute approximate surface area is 139 Å². The molecule has 0 saturated heterocycles. The minimum absolute atomic E-state index is 0.309. The van der Waals surface area contributed by atoms with E-state index in [4.69, 9.17) is 0 Å². The van der Waals surface area contributed by atoms with Crippen molar-refractivity contribution in [1.82, 2.24) is 4.72 Å². The van der Waals surface area contributed by atoms with E-state index >= 15 is 0 Å². The summed E-state index contributed by atoms with van der Waals surface area (Å²) < 4.78 is 28.2. The summed E-state index contributed by atoms with van der Waals surface area (Å²) in [5, 5.41) is 0. The fourth-order valence-corrected chi connectivity index (χ4v) is 4.55. The number of hydrogen-bond acceptors (Lipinski definition) is 2. The molecule has 0 amide bonds. The first-order valence-electron chi connectivity index (χ1n) is 7.87. The molecular weight excluding hydrogens is 306 g/mol. The van der Waals surface area contributed by atoms with Crippen LogP contribution in [0.2, 0.25) is 0 Å². The smallest absolute Gasteiger partial charge is 0.207 e. The molecule has 0 unspecified atom stereocenters. The Hall–Kier alpha value is -1.65. The minimum Gasteiger partial charge on any atom is -0.207 e. The molecule has 1 N–H and O–H groups in total. The average Bonchev–Trinajstić information content (AvgIpc) is 2.44. The van der Waals surface area contributed by atoms with Crippen molar-refractivity contribution in [3.05, 3.63) is 64.2 Å². The van der Waals surface area contributed by atoms with E-state index in [-0.39, 0.29) is 0 Å². The molecule has 0 bridgehead atoms. The Kier molecular flexibility index (Phi) is 5.27. The Balaban J connectivity index is 2.31. The highest BCUT2D eigenvalue weighted by molar-refractivity contribution is 7.89. The maximum atomic E-state index is 12.7. The molecule has 124 valence electrons. The van der Waals surface area contributed by atoms with E-state index in [1.807, 2.05) is 51.1 Å². The van der Waals surface area contributed by atoms with Crippen molar-refractivity contribution in [2.45, 2.75) is 52.0 Å². The van der Waals surface area contributed by atoms with Crippen molar-refractivity contribution < 1.29 is 8.42 Å². The van der Waals surface area contributed by atoms with Gasteiger partial charge >= 0.3 is 0 Å². The molecule has 0 fully saturated rings. The molecule has 2 aromatic rings. The Morgan fingerprint density at radius 3 is 2.13 bits per heavy atom. The lowest BCUT2D eigenvalue weighted by atomic mass is 9.97. The first-order chi connectivity index (χ1) is 10.7. The number of rotatable bonds is 5. The van der Waals surface area contributed by atoms with E-state index in [2.05, 4.69) is 24.6 Å². The van der Waals surface area contributed by atoms with Crippen molar-refractivity contribution in [3.63, 3.8) is 0 Å². The van der Waals surface area contributed by atoms with Crippen LogP contribution in [0.5, 0.6) is 0 Å². The summed E-state index contributed by atoms with van der Waals surface area (Å²) in [5.41, 5.74) is 4.84. The molecule has 0 heterocycles. The summed E-state index contributed by atoms with van der Waals surface area (Å²) in [6, 6.07) is 11.8. The third-order valence-corrected chi connectivity index (χ3v) is 5.71. The van der Waals surface area contributed by atoms with Gasteiger partial charge in [-0.2, -0.15) is 0 Å². The van der Waals surface area contributed by atoms with Gasteiger partial charge in [0.05, 0.1) is 4.90 Å². The molecule has 3 nitrogen and oxygen atoms in total. The maximum Gasteiger partial charge on any atom is 0.241 e. The highest BCUT2D eigenvalue weighted by Crippen LogP contribution is 2.23. The molecular formula is C19H25NO2S. The molecule has 0 aliphatic carbocycles. The molecule has 0 spiro atoms. The van der Waals surface area contributed by atoms with Crippen molar-refractivity contribution >= 4 is 10.0 Å². The van der Waals surface area contributed by atoms with Gasteiger partial charge in [-0.25, -0.2) is 13.1 Å². The summed E-state index contributed by atoms with van der Waals surface area (Å²) in [6.45, 7) is 10.2. The second-order valence-electron chi connectivity index (χ2n) is 6.41. The van der Waals surface area contributed by atoms with Crippen molar-refractivity contribution in [1.29, 1.82) is 0 Å². The highest BCUT2D eigenvalue weighted by atomic mass is 32.2. The van der Waals surface area contributed by atoms with E-state index < -0.39 is 10.0 Å². The van der Waals surface area contributed by atoms with E-state index in [0.29, 0.717) is 17.4 Å². The van der Waals surface area contributed by atoms with E-state index in [1.165, 1.54) is 5.56 Å². The van der Waals surface area contributed by atoms with Gasteiger partial charge in [-0.1, -0.05) is 55.8 Å². The molecule has 23 heavy (non-hydrogen) atoms. The summed E-state index contributed by atoms with van der Waals surface area (Å²) in [5.74, 6) is 0.360. The van der Waals surface area contributed by atoms with Gasteiger partial charge in [-0.05, 0) is 48.9 Å². The van der Waals surface area contributed by atoms with Gasteiger partial charge in [-0.15, -0.1) is 0 Å².